The zero-order chi connectivity index (χ0) is 13.4. The van der Waals surface area contributed by atoms with E-state index in [1.54, 1.807) is 12.1 Å². The van der Waals surface area contributed by atoms with E-state index in [9.17, 15) is 4.39 Å². The monoisotopic (exact) mass is 281 g/mol. The molecule has 0 heterocycles. The fourth-order valence-corrected chi connectivity index (χ4v) is 4.31. The Balaban J connectivity index is 1.56. The van der Waals surface area contributed by atoms with E-state index >= 15 is 0 Å². The summed E-state index contributed by atoms with van der Waals surface area (Å²) in [6.07, 6.45) is 7.56. The summed E-state index contributed by atoms with van der Waals surface area (Å²) in [5.41, 5.74) is 7.31. The normalized spacial score (nSPS) is 30.8. The minimum absolute atomic E-state index is 0.172. The molecule has 2 bridgehead atoms. The van der Waals surface area contributed by atoms with Crippen molar-refractivity contribution in [2.24, 2.45) is 23.5 Å². The second-order valence-corrected chi connectivity index (χ2v) is 6.79. The Labute approximate surface area is 119 Å². The summed E-state index contributed by atoms with van der Waals surface area (Å²) >= 11 is 5.80. The van der Waals surface area contributed by atoms with Crippen LogP contribution in [0, 0.1) is 23.6 Å². The van der Waals surface area contributed by atoms with Crippen molar-refractivity contribution in [3.05, 3.63) is 34.6 Å². The molecule has 104 valence electrons. The van der Waals surface area contributed by atoms with Gasteiger partial charge in [0.2, 0.25) is 0 Å². The molecular weight excluding hydrogens is 261 g/mol. The fraction of sp³-hybridized carbons (Fsp3) is 0.625. The van der Waals surface area contributed by atoms with Crippen molar-refractivity contribution >= 4 is 11.6 Å². The van der Waals surface area contributed by atoms with Gasteiger partial charge < -0.3 is 5.73 Å². The van der Waals surface area contributed by atoms with Crippen LogP contribution in [-0.2, 0) is 6.42 Å². The summed E-state index contributed by atoms with van der Waals surface area (Å²) in [6.45, 7) is 0. The number of rotatable bonds is 4. The lowest BCUT2D eigenvalue weighted by atomic mass is 9.83. The van der Waals surface area contributed by atoms with E-state index in [2.05, 4.69) is 0 Å². The number of nitrogens with two attached hydrogens (primary N) is 1. The van der Waals surface area contributed by atoms with Gasteiger partial charge in [-0.3, -0.25) is 0 Å². The molecule has 0 aliphatic heterocycles. The van der Waals surface area contributed by atoms with Crippen LogP contribution in [-0.4, -0.2) is 6.04 Å². The van der Waals surface area contributed by atoms with Gasteiger partial charge in [0, 0.05) is 6.04 Å². The van der Waals surface area contributed by atoms with Crippen molar-refractivity contribution in [2.45, 2.75) is 44.6 Å². The van der Waals surface area contributed by atoms with Gasteiger partial charge in [0.25, 0.3) is 0 Å². The van der Waals surface area contributed by atoms with E-state index in [1.165, 1.54) is 31.7 Å². The highest BCUT2D eigenvalue weighted by molar-refractivity contribution is 6.30. The molecular formula is C16H21ClFN. The first kappa shape index (κ1) is 13.4. The molecule has 19 heavy (non-hydrogen) atoms. The number of halogens is 2. The average molecular weight is 282 g/mol. The largest absolute Gasteiger partial charge is 0.327 e. The van der Waals surface area contributed by atoms with Gasteiger partial charge in [-0.1, -0.05) is 24.1 Å². The second-order valence-electron chi connectivity index (χ2n) is 6.38. The highest BCUT2D eigenvalue weighted by Gasteiger charge is 2.39. The van der Waals surface area contributed by atoms with Crippen LogP contribution < -0.4 is 5.73 Å². The van der Waals surface area contributed by atoms with E-state index in [0.29, 0.717) is 0 Å². The van der Waals surface area contributed by atoms with Gasteiger partial charge in [-0.25, -0.2) is 4.39 Å². The molecule has 1 aromatic carbocycles. The zero-order valence-electron chi connectivity index (χ0n) is 11.1. The maximum Gasteiger partial charge on any atom is 0.141 e. The number of fused-ring (bicyclic) bond motifs is 2. The zero-order valence-corrected chi connectivity index (χ0v) is 11.9. The summed E-state index contributed by atoms with van der Waals surface area (Å²) in [7, 11) is 0. The van der Waals surface area contributed by atoms with Crippen molar-refractivity contribution in [2.75, 3.05) is 0 Å². The molecule has 0 aromatic heterocycles. The molecule has 1 aromatic rings. The van der Waals surface area contributed by atoms with Crippen LogP contribution in [0.2, 0.25) is 5.02 Å². The molecule has 4 atom stereocenters. The van der Waals surface area contributed by atoms with Crippen LogP contribution in [0.15, 0.2) is 18.2 Å². The van der Waals surface area contributed by atoms with Gasteiger partial charge in [-0.05, 0) is 67.6 Å². The molecule has 3 heteroatoms. The molecule has 1 nitrogen and oxygen atoms in total. The van der Waals surface area contributed by atoms with E-state index < -0.39 is 0 Å². The maximum absolute atomic E-state index is 13.1. The van der Waals surface area contributed by atoms with E-state index in [0.717, 1.165) is 36.2 Å². The Bertz CT molecular complexity index is 462. The lowest BCUT2D eigenvalue weighted by Crippen LogP contribution is -2.28. The van der Waals surface area contributed by atoms with Crippen LogP contribution in [0.25, 0.3) is 0 Å². The molecule has 2 saturated carbocycles. The molecule has 0 spiro atoms. The van der Waals surface area contributed by atoms with Crippen LogP contribution in [0.1, 0.15) is 37.7 Å². The lowest BCUT2D eigenvalue weighted by Gasteiger charge is -2.24. The van der Waals surface area contributed by atoms with E-state index in [-0.39, 0.29) is 16.9 Å². The van der Waals surface area contributed by atoms with Gasteiger partial charge in [0.1, 0.15) is 5.82 Å². The summed E-state index contributed by atoms with van der Waals surface area (Å²) in [5.74, 6) is 2.37. The first-order valence-corrected chi connectivity index (χ1v) is 7.69. The van der Waals surface area contributed by atoms with Gasteiger partial charge in [-0.15, -0.1) is 0 Å². The van der Waals surface area contributed by atoms with E-state index in [4.69, 9.17) is 17.3 Å². The number of hydrogen-bond donors (Lipinski definition) is 1. The molecule has 3 rings (SSSR count). The molecule has 2 N–H and O–H groups in total. The smallest absolute Gasteiger partial charge is 0.141 e. The third-order valence-electron chi connectivity index (χ3n) is 4.97. The summed E-state index contributed by atoms with van der Waals surface area (Å²) in [4.78, 5) is 0. The highest BCUT2D eigenvalue weighted by atomic mass is 35.5. The Kier molecular flexibility index (Phi) is 3.81. The van der Waals surface area contributed by atoms with Crippen molar-refractivity contribution in [1.29, 1.82) is 0 Å². The van der Waals surface area contributed by atoms with Crippen molar-refractivity contribution in [3.8, 4) is 0 Å². The molecule has 2 aliphatic carbocycles. The van der Waals surface area contributed by atoms with Gasteiger partial charge >= 0.3 is 0 Å². The first-order valence-electron chi connectivity index (χ1n) is 7.31. The molecule has 4 unspecified atom stereocenters. The summed E-state index contributed by atoms with van der Waals surface area (Å²) in [5, 5.41) is 0.199. The summed E-state index contributed by atoms with van der Waals surface area (Å²) in [6, 6.07) is 5.10. The van der Waals surface area contributed by atoms with Crippen molar-refractivity contribution < 1.29 is 4.39 Å². The van der Waals surface area contributed by atoms with Crippen LogP contribution in [0.4, 0.5) is 4.39 Å². The highest BCUT2D eigenvalue weighted by Crippen LogP contribution is 2.49. The minimum atomic E-state index is -0.355. The number of benzene rings is 1. The van der Waals surface area contributed by atoms with Crippen LogP contribution >= 0.6 is 11.6 Å². The molecule has 2 aliphatic rings. The predicted molar refractivity (Wildman–Crippen MR) is 76.6 cm³/mol. The topological polar surface area (TPSA) is 26.0 Å². The second kappa shape index (κ2) is 5.41. The average Bonchev–Trinajstić information content (AvgIpc) is 2.96. The third-order valence-corrected chi connectivity index (χ3v) is 5.26. The Morgan fingerprint density at radius 3 is 2.79 bits per heavy atom. The van der Waals surface area contributed by atoms with Gasteiger partial charge in [-0.2, -0.15) is 0 Å². The Morgan fingerprint density at radius 1 is 1.32 bits per heavy atom. The first-order chi connectivity index (χ1) is 9.11. The maximum atomic E-state index is 13.1. The van der Waals surface area contributed by atoms with Crippen molar-refractivity contribution in [3.63, 3.8) is 0 Å². The minimum Gasteiger partial charge on any atom is -0.327 e. The standard InChI is InChI=1S/C16H21ClFN/c17-15-8-11(2-4-16(15)18)7-14(19)9-13-6-10-1-3-12(13)5-10/h2,4,8,10,12-14H,1,3,5-7,9,19H2. The van der Waals surface area contributed by atoms with E-state index in [1.807, 2.05) is 0 Å². The molecule has 0 saturated heterocycles. The SMILES string of the molecule is NC(Cc1ccc(F)c(Cl)c1)CC1CC2CCC1C2. The number of hydrogen-bond acceptors (Lipinski definition) is 1. The van der Waals surface area contributed by atoms with Gasteiger partial charge in [0.15, 0.2) is 0 Å². The van der Waals surface area contributed by atoms with Gasteiger partial charge in [0.05, 0.1) is 5.02 Å². The summed E-state index contributed by atoms with van der Waals surface area (Å²) < 4.78 is 13.1. The molecule has 0 radical (unpaired) electrons. The predicted octanol–water partition coefficient (Wildman–Crippen LogP) is 4.18. The fourth-order valence-electron chi connectivity index (χ4n) is 4.11. The Hall–Kier alpha value is -0.600. The Morgan fingerprint density at radius 2 is 2.16 bits per heavy atom. The molecule has 2 fully saturated rings. The molecule has 0 amide bonds. The van der Waals surface area contributed by atoms with Crippen LogP contribution in [0.3, 0.4) is 0 Å². The lowest BCUT2D eigenvalue weighted by molar-refractivity contribution is 0.294. The quantitative estimate of drug-likeness (QED) is 0.880. The van der Waals surface area contributed by atoms with Crippen molar-refractivity contribution in [1.82, 2.24) is 0 Å². The third kappa shape index (κ3) is 2.95. The van der Waals surface area contributed by atoms with Crippen LogP contribution in [0.5, 0.6) is 0 Å².